The van der Waals surface area contributed by atoms with E-state index >= 15 is 0 Å². The molecule has 1 saturated heterocycles. The summed E-state index contributed by atoms with van der Waals surface area (Å²) in [7, 11) is 0. The number of benzene rings is 1. The lowest BCUT2D eigenvalue weighted by molar-refractivity contribution is -0.187. The summed E-state index contributed by atoms with van der Waals surface area (Å²) in [6, 6.07) is 11.1. The third-order valence-electron chi connectivity index (χ3n) is 3.22. The minimum absolute atomic E-state index is 0.102. The molecule has 0 unspecified atom stereocenters. The van der Waals surface area contributed by atoms with E-state index in [0.717, 1.165) is 24.8 Å². The molecule has 0 radical (unpaired) electrons. The molecule has 2 aromatic rings. The van der Waals surface area contributed by atoms with Crippen molar-refractivity contribution in [1.82, 2.24) is 10.6 Å². The van der Waals surface area contributed by atoms with Crippen molar-refractivity contribution in [2.24, 2.45) is 0 Å². The first kappa shape index (κ1) is 13.8. The van der Waals surface area contributed by atoms with Crippen LogP contribution in [0.15, 0.2) is 40.9 Å². The van der Waals surface area contributed by atoms with Gasteiger partial charge in [0.25, 0.3) is 0 Å². The maximum atomic E-state index is 11.9. The van der Waals surface area contributed by atoms with Crippen LogP contribution in [0.2, 0.25) is 0 Å². The predicted molar refractivity (Wildman–Crippen MR) is 74.1 cm³/mol. The molecule has 1 aliphatic heterocycles. The van der Waals surface area contributed by atoms with Gasteiger partial charge in [0.15, 0.2) is 6.29 Å². The molecule has 1 atom stereocenters. The van der Waals surface area contributed by atoms with Gasteiger partial charge < -0.3 is 9.26 Å². The Bertz CT molecular complexity index is 591. The van der Waals surface area contributed by atoms with Gasteiger partial charge in [0.2, 0.25) is 5.76 Å². The normalized spacial score (nSPS) is 18.4. The van der Waals surface area contributed by atoms with Crippen LogP contribution >= 0.6 is 0 Å². The van der Waals surface area contributed by atoms with Crippen LogP contribution in [0.25, 0.3) is 11.3 Å². The van der Waals surface area contributed by atoms with Crippen LogP contribution in [-0.4, -0.2) is 24.0 Å². The monoisotopic (exact) mass is 288 g/mol. The van der Waals surface area contributed by atoms with Crippen molar-refractivity contribution in [3.63, 3.8) is 0 Å². The number of hydrogen-bond donors (Lipinski definition) is 1. The highest BCUT2D eigenvalue weighted by Gasteiger charge is 2.18. The van der Waals surface area contributed by atoms with Crippen LogP contribution < -0.4 is 5.48 Å². The molecule has 6 nitrogen and oxygen atoms in total. The summed E-state index contributed by atoms with van der Waals surface area (Å²) in [5.41, 5.74) is 3.83. The van der Waals surface area contributed by atoms with Gasteiger partial charge in [0, 0.05) is 24.7 Å². The van der Waals surface area contributed by atoms with E-state index in [4.69, 9.17) is 14.1 Å². The molecule has 6 heteroatoms. The van der Waals surface area contributed by atoms with E-state index in [0.29, 0.717) is 12.3 Å². The minimum Gasteiger partial charge on any atom is -0.350 e. The molecule has 0 aliphatic carbocycles. The van der Waals surface area contributed by atoms with Gasteiger partial charge in [-0.3, -0.25) is 4.79 Å². The highest BCUT2D eigenvalue weighted by molar-refractivity contribution is 5.91. The third kappa shape index (κ3) is 3.48. The molecule has 1 fully saturated rings. The van der Waals surface area contributed by atoms with Crippen LogP contribution in [0.1, 0.15) is 29.8 Å². The standard InChI is InChI=1S/C15H16N2O4/c18-15(17-21-14-8-4-5-9-19-14)13-10-12(16-20-13)11-6-2-1-3-7-11/h1-3,6-7,10,14H,4-5,8-9H2,(H,17,18)/t14-/m1/s1. The van der Waals surface area contributed by atoms with Gasteiger partial charge in [-0.2, -0.15) is 0 Å². The van der Waals surface area contributed by atoms with Crippen molar-refractivity contribution in [1.29, 1.82) is 0 Å². The number of aromatic nitrogens is 1. The fourth-order valence-electron chi connectivity index (χ4n) is 2.10. The number of rotatable bonds is 4. The van der Waals surface area contributed by atoms with Gasteiger partial charge in [-0.1, -0.05) is 35.5 Å². The van der Waals surface area contributed by atoms with Gasteiger partial charge in [-0.05, 0) is 12.8 Å². The van der Waals surface area contributed by atoms with Gasteiger partial charge in [0.05, 0.1) is 0 Å². The molecule has 1 amide bonds. The Morgan fingerprint density at radius 1 is 1.29 bits per heavy atom. The molecule has 0 bridgehead atoms. The van der Waals surface area contributed by atoms with Gasteiger partial charge in [-0.15, -0.1) is 0 Å². The topological polar surface area (TPSA) is 73.6 Å². The van der Waals surface area contributed by atoms with E-state index in [-0.39, 0.29) is 12.1 Å². The minimum atomic E-state index is -0.473. The summed E-state index contributed by atoms with van der Waals surface area (Å²) in [5, 5.41) is 3.88. The first-order valence-corrected chi connectivity index (χ1v) is 6.92. The Morgan fingerprint density at radius 2 is 2.14 bits per heavy atom. The van der Waals surface area contributed by atoms with Crippen LogP contribution in [-0.2, 0) is 9.57 Å². The fourth-order valence-corrected chi connectivity index (χ4v) is 2.10. The quantitative estimate of drug-likeness (QED) is 0.875. The maximum Gasteiger partial charge on any atom is 0.313 e. The van der Waals surface area contributed by atoms with E-state index in [1.54, 1.807) is 6.07 Å². The van der Waals surface area contributed by atoms with Crippen LogP contribution in [0, 0.1) is 0 Å². The van der Waals surface area contributed by atoms with Gasteiger partial charge in [0.1, 0.15) is 5.69 Å². The molecule has 1 aromatic heterocycles. The first-order valence-electron chi connectivity index (χ1n) is 6.92. The first-order chi connectivity index (χ1) is 10.3. The van der Waals surface area contributed by atoms with Gasteiger partial charge >= 0.3 is 5.91 Å². The molecular formula is C15H16N2O4. The zero-order valence-electron chi connectivity index (χ0n) is 11.5. The number of carbonyl (C=O) groups excluding carboxylic acids is 1. The van der Waals surface area contributed by atoms with Crippen LogP contribution in [0.3, 0.4) is 0 Å². The maximum absolute atomic E-state index is 11.9. The average molecular weight is 288 g/mol. The molecule has 2 heterocycles. The summed E-state index contributed by atoms with van der Waals surface area (Å²) in [6.45, 7) is 0.654. The van der Waals surface area contributed by atoms with Crippen LogP contribution in [0.5, 0.6) is 0 Å². The lowest BCUT2D eigenvalue weighted by Gasteiger charge is -2.21. The predicted octanol–water partition coefficient (Wildman–Crippen LogP) is 2.53. The molecule has 21 heavy (non-hydrogen) atoms. The lowest BCUT2D eigenvalue weighted by atomic mass is 10.1. The number of nitrogens with one attached hydrogen (secondary N) is 1. The molecule has 1 aliphatic rings. The van der Waals surface area contributed by atoms with Crippen molar-refractivity contribution in [3.05, 3.63) is 42.2 Å². The zero-order valence-corrected chi connectivity index (χ0v) is 11.5. The lowest BCUT2D eigenvalue weighted by Crippen LogP contribution is -2.32. The summed E-state index contributed by atoms with van der Waals surface area (Å²) in [4.78, 5) is 17.1. The Kier molecular flexibility index (Phi) is 4.28. The summed E-state index contributed by atoms with van der Waals surface area (Å²) in [6.07, 6.45) is 2.43. The second-order valence-corrected chi connectivity index (χ2v) is 4.79. The van der Waals surface area contributed by atoms with E-state index in [2.05, 4.69) is 10.6 Å². The molecule has 0 spiro atoms. The second kappa shape index (κ2) is 6.51. The Hall–Kier alpha value is -2.18. The third-order valence-corrected chi connectivity index (χ3v) is 3.22. The highest BCUT2D eigenvalue weighted by Crippen LogP contribution is 2.18. The Labute approximate surface area is 122 Å². The SMILES string of the molecule is O=C(NO[C@@H]1CCCCO1)c1cc(-c2ccccc2)no1. The van der Waals surface area contributed by atoms with Crippen molar-refractivity contribution in [2.45, 2.75) is 25.6 Å². The molecule has 110 valence electrons. The summed E-state index contributed by atoms with van der Waals surface area (Å²) in [5.74, 6) is -0.372. The molecule has 0 saturated carbocycles. The molecule has 1 N–H and O–H groups in total. The second-order valence-electron chi connectivity index (χ2n) is 4.79. The molecule has 3 rings (SSSR count). The number of carbonyl (C=O) groups is 1. The average Bonchev–Trinajstić information content (AvgIpc) is 3.04. The molecule has 1 aromatic carbocycles. The number of amides is 1. The summed E-state index contributed by atoms with van der Waals surface area (Å²) < 4.78 is 10.4. The Balaban J connectivity index is 1.59. The van der Waals surface area contributed by atoms with E-state index in [1.807, 2.05) is 30.3 Å². The van der Waals surface area contributed by atoms with E-state index in [9.17, 15) is 4.79 Å². The van der Waals surface area contributed by atoms with Crippen molar-refractivity contribution >= 4 is 5.91 Å². The van der Waals surface area contributed by atoms with Gasteiger partial charge in [-0.25, -0.2) is 10.3 Å². The van der Waals surface area contributed by atoms with Crippen LogP contribution in [0.4, 0.5) is 0 Å². The van der Waals surface area contributed by atoms with Crippen molar-refractivity contribution in [3.8, 4) is 11.3 Å². The number of ether oxygens (including phenoxy) is 1. The molecular weight excluding hydrogens is 272 g/mol. The summed E-state index contributed by atoms with van der Waals surface area (Å²) >= 11 is 0. The smallest absolute Gasteiger partial charge is 0.313 e. The van der Waals surface area contributed by atoms with E-state index < -0.39 is 5.91 Å². The number of hydrogen-bond acceptors (Lipinski definition) is 5. The zero-order chi connectivity index (χ0) is 14.5. The fraction of sp³-hybridized carbons (Fsp3) is 0.333. The van der Waals surface area contributed by atoms with E-state index in [1.165, 1.54) is 0 Å². The highest BCUT2D eigenvalue weighted by atomic mass is 16.8. The Morgan fingerprint density at radius 3 is 2.90 bits per heavy atom. The van der Waals surface area contributed by atoms with Crippen molar-refractivity contribution in [2.75, 3.05) is 6.61 Å². The number of nitrogens with zero attached hydrogens (tertiary/aromatic N) is 1. The number of hydroxylamine groups is 1. The van der Waals surface area contributed by atoms with Crippen molar-refractivity contribution < 1.29 is 18.9 Å². The largest absolute Gasteiger partial charge is 0.350 e.